The molecule has 0 fully saturated rings. The monoisotopic (exact) mass is 241 g/mol. The number of anilines is 1. The van der Waals surface area contributed by atoms with E-state index in [2.05, 4.69) is 10.4 Å². The van der Waals surface area contributed by atoms with Crippen molar-refractivity contribution in [2.75, 3.05) is 11.9 Å². The topological polar surface area (TPSA) is 94.9 Å². The largest absolute Gasteiger partial charge is 0.358 e. The van der Waals surface area contributed by atoms with Gasteiger partial charge in [0, 0.05) is 26.2 Å². The summed E-state index contributed by atoms with van der Waals surface area (Å²) >= 11 is 0. The predicted molar refractivity (Wildman–Crippen MR) is 66.1 cm³/mol. The van der Waals surface area contributed by atoms with Gasteiger partial charge in [0.15, 0.2) is 0 Å². The van der Waals surface area contributed by atoms with E-state index < -0.39 is 16.8 Å². The molecule has 0 amide bonds. The molecule has 0 aromatic carbocycles. The Bertz CT molecular complexity index is 512. The molecule has 17 heavy (non-hydrogen) atoms. The standard InChI is InChI=1S/C10H19N5O2/c1-5-10(2,6-11)12-7-8(16)14(3)9(17)15(4)13-7/h5-6,11H2,1-4H3,(H,12,13). The highest BCUT2D eigenvalue weighted by Crippen LogP contribution is 2.11. The summed E-state index contributed by atoms with van der Waals surface area (Å²) in [7, 11) is 2.92. The second-order valence-corrected chi connectivity index (χ2v) is 4.36. The second-order valence-electron chi connectivity index (χ2n) is 4.36. The highest BCUT2D eigenvalue weighted by Gasteiger charge is 2.22. The molecular weight excluding hydrogens is 222 g/mol. The fraction of sp³-hybridized carbons (Fsp3) is 0.700. The Morgan fingerprint density at radius 2 is 2.00 bits per heavy atom. The second kappa shape index (κ2) is 4.70. The van der Waals surface area contributed by atoms with Crippen LogP contribution < -0.4 is 22.3 Å². The molecule has 1 rings (SSSR count). The van der Waals surface area contributed by atoms with Crippen molar-refractivity contribution in [3.05, 3.63) is 20.8 Å². The average Bonchev–Trinajstić information content (AvgIpc) is 2.33. The first kappa shape index (κ1) is 13.4. The maximum atomic E-state index is 11.8. The number of nitrogens with zero attached hydrogens (tertiary/aromatic N) is 3. The minimum absolute atomic E-state index is 0.143. The highest BCUT2D eigenvalue weighted by atomic mass is 16.2. The van der Waals surface area contributed by atoms with Gasteiger partial charge < -0.3 is 11.1 Å². The van der Waals surface area contributed by atoms with Gasteiger partial charge in [-0.2, -0.15) is 0 Å². The molecule has 7 heteroatoms. The van der Waals surface area contributed by atoms with Crippen LogP contribution in [0.15, 0.2) is 9.59 Å². The summed E-state index contributed by atoms with van der Waals surface area (Å²) in [6, 6.07) is 0. The maximum absolute atomic E-state index is 11.8. The van der Waals surface area contributed by atoms with Gasteiger partial charge in [0.2, 0.25) is 5.82 Å². The van der Waals surface area contributed by atoms with Gasteiger partial charge in [0.05, 0.1) is 0 Å². The van der Waals surface area contributed by atoms with E-state index in [4.69, 9.17) is 5.73 Å². The molecule has 7 nitrogen and oxygen atoms in total. The third kappa shape index (κ3) is 2.55. The molecule has 96 valence electrons. The lowest BCUT2D eigenvalue weighted by molar-refractivity contribution is 0.495. The van der Waals surface area contributed by atoms with Crippen LogP contribution in [-0.2, 0) is 14.1 Å². The smallest absolute Gasteiger partial charge is 0.346 e. The van der Waals surface area contributed by atoms with E-state index in [-0.39, 0.29) is 5.82 Å². The molecule has 3 N–H and O–H groups in total. The number of nitrogens with two attached hydrogens (primary N) is 1. The molecule has 1 atom stereocenters. The molecule has 0 saturated heterocycles. The molecule has 0 bridgehead atoms. The van der Waals surface area contributed by atoms with Gasteiger partial charge in [-0.1, -0.05) is 6.92 Å². The molecule has 1 heterocycles. The van der Waals surface area contributed by atoms with Crippen LogP contribution in [0, 0.1) is 0 Å². The quantitative estimate of drug-likeness (QED) is 0.706. The Morgan fingerprint density at radius 3 is 2.47 bits per heavy atom. The summed E-state index contributed by atoms with van der Waals surface area (Å²) in [6.07, 6.45) is 0.747. The van der Waals surface area contributed by atoms with Crippen LogP contribution in [0.5, 0.6) is 0 Å². The van der Waals surface area contributed by atoms with Gasteiger partial charge >= 0.3 is 5.69 Å². The van der Waals surface area contributed by atoms with Gasteiger partial charge in [-0.05, 0) is 13.3 Å². The lowest BCUT2D eigenvalue weighted by atomic mass is 9.99. The SMILES string of the molecule is CCC(C)(CN)Nc1nn(C)c(=O)n(C)c1=O. The van der Waals surface area contributed by atoms with Crippen molar-refractivity contribution in [2.24, 2.45) is 19.8 Å². The molecule has 1 aromatic rings. The van der Waals surface area contributed by atoms with E-state index in [9.17, 15) is 9.59 Å². The van der Waals surface area contributed by atoms with Crippen molar-refractivity contribution in [3.63, 3.8) is 0 Å². The number of rotatable bonds is 4. The van der Waals surface area contributed by atoms with Crippen LogP contribution in [-0.4, -0.2) is 26.4 Å². The number of hydrogen-bond acceptors (Lipinski definition) is 5. The number of nitrogens with one attached hydrogen (secondary N) is 1. The van der Waals surface area contributed by atoms with Gasteiger partial charge in [-0.3, -0.25) is 9.36 Å². The van der Waals surface area contributed by atoms with Crippen LogP contribution >= 0.6 is 0 Å². The van der Waals surface area contributed by atoms with E-state index >= 15 is 0 Å². The van der Waals surface area contributed by atoms with Crippen molar-refractivity contribution >= 4 is 5.82 Å². The van der Waals surface area contributed by atoms with Crippen LogP contribution in [0.4, 0.5) is 5.82 Å². The Morgan fingerprint density at radius 1 is 1.41 bits per heavy atom. The van der Waals surface area contributed by atoms with E-state index in [1.54, 1.807) is 0 Å². The minimum atomic E-state index is -0.452. The summed E-state index contributed by atoms with van der Waals surface area (Å²) in [5.41, 5.74) is 4.35. The summed E-state index contributed by atoms with van der Waals surface area (Å²) in [6.45, 7) is 4.24. The third-order valence-corrected chi connectivity index (χ3v) is 2.97. The number of aryl methyl sites for hydroxylation is 1. The summed E-state index contributed by atoms with van der Waals surface area (Å²) in [5.74, 6) is 0.143. The Labute approximate surface area is 99.2 Å². The first-order valence-electron chi connectivity index (χ1n) is 5.47. The van der Waals surface area contributed by atoms with Crippen LogP contribution in [0.25, 0.3) is 0 Å². The van der Waals surface area contributed by atoms with Crippen molar-refractivity contribution in [1.82, 2.24) is 14.3 Å². The van der Waals surface area contributed by atoms with Crippen LogP contribution in [0.2, 0.25) is 0 Å². The molecule has 0 aliphatic carbocycles. The van der Waals surface area contributed by atoms with Crippen molar-refractivity contribution in [3.8, 4) is 0 Å². The Kier molecular flexibility index (Phi) is 3.72. The first-order valence-corrected chi connectivity index (χ1v) is 5.47. The third-order valence-electron chi connectivity index (χ3n) is 2.97. The zero-order chi connectivity index (χ0) is 13.2. The fourth-order valence-electron chi connectivity index (χ4n) is 1.35. The summed E-state index contributed by atoms with van der Waals surface area (Å²) in [5, 5.41) is 6.92. The molecular formula is C10H19N5O2. The van der Waals surface area contributed by atoms with Crippen LogP contribution in [0.3, 0.4) is 0 Å². The van der Waals surface area contributed by atoms with Crippen molar-refractivity contribution in [2.45, 2.75) is 25.8 Å². The van der Waals surface area contributed by atoms with Gasteiger partial charge in [0.1, 0.15) is 0 Å². The number of hydrogen-bond donors (Lipinski definition) is 2. The Hall–Kier alpha value is -1.63. The molecule has 0 aliphatic heterocycles. The first-order chi connectivity index (χ1) is 7.84. The van der Waals surface area contributed by atoms with Gasteiger partial charge in [-0.25, -0.2) is 9.48 Å². The lowest BCUT2D eigenvalue weighted by Crippen LogP contribution is -2.47. The van der Waals surface area contributed by atoms with Gasteiger partial charge in [-0.15, -0.1) is 5.10 Å². The zero-order valence-electron chi connectivity index (χ0n) is 10.6. The van der Waals surface area contributed by atoms with E-state index in [1.807, 2.05) is 13.8 Å². The molecule has 0 radical (unpaired) electrons. The molecule has 1 unspecified atom stereocenters. The molecule has 0 aliphatic rings. The lowest BCUT2D eigenvalue weighted by Gasteiger charge is -2.28. The normalized spacial score (nSPS) is 14.4. The summed E-state index contributed by atoms with van der Waals surface area (Å²) < 4.78 is 2.14. The fourth-order valence-corrected chi connectivity index (χ4v) is 1.35. The van der Waals surface area contributed by atoms with E-state index in [0.717, 1.165) is 15.7 Å². The summed E-state index contributed by atoms with van der Waals surface area (Å²) in [4.78, 5) is 23.3. The van der Waals surface area contributed by atoms with Gasteiger partial charge in [0.25, 0.3) is 5.56 Å². The molecule has 0 saturated carbocycles. The van der Waals surface area contributed by atoms with Crippen molar-refractivity contribution in [1.29, 1.82) is 0 Å². The molecule has 0 spiro atoms. The van der Waals surface area contributed by atoms with E-state index in [1.165, 1.54) is 14.1 Å². The van der Waals surface area contributed by atoms with Crippen LogP contribution in [0.1, 0.15) is 20.3 Å². The Balaban J connectivity index is 3.26. The van der Waals surface area contributed by atoms with Crippen molar-refractivity contribution < 1.29 is 0 Å². The zero-order valence-corrected chi connectivity index (χ0v) is 10.6. The number of aromatic nitrogens is 3. The van der Waals surface area contributed by atoms with E-state index in [0.29, 0.717) is 6.54 Å². The minimum Gasteiger partial charge on any atom is -0.358 e. The maximum Gasteiger partial charge on any atom is 0.346 e. The predicted octanol–water partition coefficient (Wildman–Crippen LogP) is -0.982. The highest BCUT2D eigenvalue weighted by molar-refractivity contribution is 5.33. The molecule has 1 aromatic heterocycles. The average molecular weight is 241 g/mol.